The molecule has 0 radical (unpaired) electrons. The molecule has 1 aromatic rings. The highest BCUT2D eigenvalue weighted by molar-refractivity contribution is 5.94. The minimum atomic E-state index is -0.237. The van der Waals surface area contributed by atoms with E-state index < -0.39 is 0 Å². The molecule has 0 aromatic heterocycles. The van der Waals surface area contributed by atoms with Crippen LogP contribution in [0.3, 0.4) is 0 Å². The number of rotatable bonds is 6. The second-order valence-electron chi connectivity index (χ2n) is 9.32. The highest BCUT2D eigenvalue weighted by atomic mass is 16.6. The fourth-order valence-electron chi connectivity index (χ4n) is 4.91. The first-order valence-corrected chi connectivity index (χ1v) is 11.8. The minimum absolute atomic E-state index is 0.0934. The number of fused-ring (bicyclic) bond motifs is 1. The van der Waals surface area contributed by atoms with Crippen molar-refractivity contribution in [3.05, 3.63) is 29.8 Å². The minimum Gasteiger partial charge on any atom is -0.490 e. The fourth-order valence-corrected chi connectivity index (χ4v) is 4.91. The lowest BCUT2D eigenvalue weighted by Gasteiger charge is -2.19. The molecule has 2 saturated carbocycles. The van der Waals surface area contributed by atoms with E-state index in [0.29, 0.717) is 18.8 Å². The Bertz CT molecular complexity index is 803. The Labute approximate surface area is 183 Å². The molecule has 2 aliphatic heterocycles. The summed E-state index contributed by atoms with van der Waals surface area (Å²) in [5, 5.41) is 6.11. The Morgan fingerprint density at radius 3 is 2.23 bits per heavy atom. The summed E-state index contributed by atoms with van der Waals surface area (Å²) in [6.07, 6.45) is 8.85. The third-order valence-electron chi connectivity index (χ3n) is 6.85. The molecular weight excluding hydrogens is 396 g/mol. The van der Waals surface area contributed by atoms with Gasteiger partial charge in [0.05, 0.1) is 31.4 Å². The Hall–Kier alpha value is -2.12. The standard InChI is InChI=1S/C24H32N2O5/c27-23(15-10-11-15)25-19-13-29-22-20(14-30-21(19)22)26-24(28)16-6-5-9-18(12-16)31-17-7-3-1-2-4-8-17/h5-6,9,12,15,17,19-22H,1-4,7-8,10-11,13-14H2,(H,25,27)(H,26,28). The average Bonchev–Trinajstić information content (AvgIpc) is 3.51. The van der Waals surface area contributed by atoms with Crippen molar-refractivity contribution < 1.29 is 23.8 Å². The van der Waals surface area contributed by atoms with Gasteiger partial charge >= 0.3 is 0 Å². The number of carbonyl (C=O) groups is 2. The molecule has 7 heteroatoms. The maximum Gasteiger partial charge on any atom is 0.251 e. The number of hydrogen-bond acceptors (Lipinski definition) is 5. The number of amides is 2. The Morgan fingerprint density at radius 2 is 1.55 bits per heavy atom. The van der Waals surface area contributed by atoms with Gasteiger partial charge in [-0.15, -0.1) is 0 Å². The zero-order chi connectivity index (χ0) is 21.2. The molecule has 4 unspecified atom stereocenters. The second kappa shape index (κ2) is 9.17. The predicted molar refractivity (Wildman–Crippen MR) is 114 cm³/mol. The topological polar surface area (TPSA) is 85.9 Å². The third-order valence-corrected chi connectivity index (χ3v) is 6.85. The summed E-state index contributed by atoms with van der Waals surface area (Å²) < 4.78 is 18.0. The Kier molecular flexibility index (Phi) is 6.14. The van der Waals surface area contributed by atoms with E-state index in [2.05, 4.69) is 10.6 Å². The lowest BCUT2D eigenvalue weighted by atomic mass is 10.1. The number of nitrogens with one attached hydrogen (secondary N) is 2. The second-order valence-corrected chi connectivity index (χ2v) is 9.32. The number of benzene rings is 1. The Morgan fingerprint density at radius 1 is 0.871 bits per heavy atom. The van der Waals surface area contributed by atoms with E-state index in [-0.39, 0.29) is 48.1 Å². The summed E-state index contributed by atoms with van der Waals surface area (Å²) in [6, 6.07) is 7.04. The number of ether oxygens (including phenoxy) is 3. The highest BCUT2D eigenvalue weighted by Crippen LogP contribution is 2.31. The quantitative estimate of drug-likeness (QED) is 0.681. The van der Waals surface area contributed by atoms with E-state index in [1.165, 1.54) is 25.7 Å². The van der Waals surface area contributed by atoms with Gasteiger partial charge in [-0.1, -0.05) is 18.9 Å². The number of hydrogen-bond donors (Lipinski definition) is 2. The molecule has 2 N–H and O–H groups in total. The molecule has 4 atom stereocenters. The highest BCUT2D eigenvalue weighted by Gasteiger charge is 2.49. The summed E-state index contributed by atoms with van der Waals surface area (Å²) in [4.78, 5) is 25.0. The van der Waals surface area contributed by atoms with Gasteiger partial charge in [0, 0.05) is 11.5 Å². The first-order valence-electron chi connectivity index (χ1n) is 11.8. The van der Waals surface area contributed by atoms with Crippen molar-refractivity contribution in [1.29, 1.82) is 0 Å². The van der Waals surface area contributed by atoms with E-state index in [0.717, 1.165) is 31.4 Å². The van der Waals surface area contributed by atoms with Gasteiger partial charge in [-0.05, 0) is 56.7 Å². The average molecular weight is 429 g/mol. The summed E-state index contributed by atoms with van der Waals surface area (Å²) in [7, 11) is 0. The van der Waals surface area contributed by atoms with Crippen LogP contribution in [-0.2, 0) is 14.3 Å². The van der Waals surface area contributed by atoms with E-state index in [9.17, 15) is 9.59 Å². The van der Waals surface area contributed by atoms with Crippen LogP contribution in [0.25, 0.3) is 0 Å². The van der Waals surface area contributed by atoms with Crippen LogP contribution in [0.2, 0.25) is 0 Å². The van der Waals surface area contributed by atoms with Gasteiger partial charge in [0.2, 0.25) is 5.91 Å². The van der Waals surface area contributed by atoms with Gasteiger partial charge in [-0.25, -0.2) is 0 Å². The van der Waals surface area contributed by atoms with Crippen molar-refractivity contribution in [3.8, 4) is 5.75 Å². The lowest BCUT2D eigenvalue weighted by molar-refractivity contribution is -0.123. The largest absolute Gasteiger partial charge is 0.490 e. The molecule has 4 fully saturated rings. The molecule has 168 valence electrons. The summed E-state index contributed by atoms with van der Waals surface area (Å²) in [6.45, 7) is 0.806. The zero-order valence-electron chi connectivity index (χ0n) is 17.9. The smallest absolute Gasteiger partial charge is 0.251 e. The molecule has 7 nitrogen and oxygen atoms in total. The lowest BCUT2D eigenvalue weighted by Crippen LogP contribution is -2.47. The van der Waals surface area contributed by atoms with E-state index >= 15 is 0 Å². The summed E-state index contributed by atoms with van der Waals surface area (Å²) in [5.41, 5.74) is 0.575. The monoisotopic (exact) mass is 428 g/mol. The molecule has 2 amide bonds. The van der Waals surface area contributed by atoms with Crippen LogP contribution < -0.4 is 15.4 Å². The van der Waals surface area contributed by atoms with Crippen molar-refractivity contribution in [2.45, 2.75) is 81.8 Å². The summed E-state index contributed by atoms with van der Waals surface area (Å²) in [5.74, 6) is 0.842. The first kappa shape index (κ1) is 20.8. The van der Waals surface area contributed by atoms with Crippen molar-refractivity contribution in [3.63, 3.8) is 0 Å². The van der Waals surface area contributed by atoms with Gasteiger partial charge < -0.3 is 24.8 Å². The molecule has 31 heavy (non-hydrogen) atoms. The molecular formula is C24H32N2O5. The maximum atomic E-state index is 12.9. The van der Waals surface area contributed by atoms with Gasteiger partial charge in [-0.3, -0.25) is 9.59 Å². The van der Waals surface area contributed by atoms with Crippen LogP contribution in [-0.4, -0.2) is 55.4 Å². The normalized spacial score (nSPS) is 31.0. The SMILES string of the molecule is O=C(NC1COC2C(NC(=O)C3CC3)COC12)c1cccc(OC2CCCCCC2)c1. The van der Waals surface area contributed by atoms with Crippen LogP contribution in [0.4, 0.5) is 0 Å². The van der Waals surface area contributed by atoms with Gasteiger partial charge in [-0.2, -0.15) is 0 Å². The zero-order valence-corrected chi connectivity index (χ0v) is 17.9. The van der Waals surface area contributed by atoms with Crippen LogP contribution in [0.5, 0.6) is 5.75 Å². The van der Waals surface area contributed by atoms with E-state index in [1.807, 2.05) is 18.2 Å². The molecule has 5 rings (SSSR count). The van der Waals surface area contributed by atoms with Gasteiger partial charge in [0.15, 0.2) is 0 Å². The molecule has 0 spiro atoms. The maximum absolute atomic E-state index is 12.9. The van der Waals surface area contributed by atoms with E-state index in [4.69, 9.17) is 14.2 Å². The predicted octanol–water partition coefficient (Wildman–Crippen LogP) is 2.58. The van der Waals surface area contributed by atoms with Crippen LogP contribution >= 0.6 is 0 Å². The van der Waals surface area contributed by atoms with Crippen molar-refractivity contribution in [1.82, 2.24) is 10.6 Å². The van der Waals surface area contributed by atoms with Gasteiger partial charge in [0.25, 0.3) is 5.91 Å². The molecule has 4 aliphatic rings. The van der Waals surface area contributed by atoms with Crippen molar-refractivity contribution >= 4 is 11.8 Å². The molecule has 1 aromatic carbocycles. The molecule has 2 heterocycles. The number of carbonyl (C=O) groups excluding carboxylic acids is 2. The molecule has 2 aliphatic carbocycles. The van der Waals surface area contributed by atoms with Gasteiger partial charge in [0.1, 0.15) is 18.0 Å². The van der Waals surface area contributed by atoms with Crippen LogP contribution in [0.1, 0.15) is 61.7 Å². The van der Waals surface area contributed by atoms with E-state index in [1.54, 1.807) is 6.07 Å². The molecule has 2 saturated heterocycles. The third kappa shape index (κ3) is 4.88. The Balaban J connectivity index is 1.16. The van der Waals surface area contributed by atoms with Crippen molar-refractivity contribution in [2.24, 2.45) is 5.92 Å². The van der Waals surface area contributed by atoms with Crippen LogP contribution in [0, 0.1) is 5.92 Å². The van der Waals surface area contributed by atoms with Crippen LogP contribution in [0.15, 0.2) is 24.3 Å². The van der Waals surface area contributed by atoms with Crippen molar-refractivity contribution in [2.75, 3.05) is 13.2 Å². The first-order chi connectivity index (χ1) is 15.2. The summed E-state index contributed by atoms with van der Waals surface area (Å²) >= 11 is 0. The molecule has 0 bridgehead atoms. The fraction of sp³-hybridized carbons (Fsp3) is 0.667.